The normalized spacial score (nSPS) is 14.5. The summed E-state index contributed by atoms with van der Waals surface area (Å²) in [7, 11) is -3.73. The van der Waals surface area contributed by atoms with E-state index in [4.69, 9.17) is 0 Å². The molecule has 0 spiro atoms. The van der Waals surface area contributed by atoms with Gasteiger partial charge in [0, 0.05) is 24.3 Å². The third-order valence-electron chi connectivity index (χ3n) is 6.04. The number of carbonyl (C=O) groups is 1. The third kappa shape index (κ3) is 6.46. The second kappa shape index (κ2) is 10.8. The lowest BCUT2D eigenvalue weighted by Crippen LogP contribution is -2.29. The van der Waals surface area contributed by atoms with E-state index in [-0.39, 0.29) is 10.8 Å². The van der Waals surface area contributed by atoms with Gasteiger partial charge in [-0.15, -0.1) is 0 Å². The summed E-state index contributed by atoms with van der Waals surface area (Å²) in [6.07, 6.45) is 3.88. The first kappa shape index (κ1) is 24.0. The molecule has 1 heterocycles. The van der Waals surface area contributed by atoms with Gasteiger partial charge < -0.3 is 5.32 Å². The summed E-state index contributed by atoms with van der Waals surface area (Å²) < 4.78 is 27.8. The minimum absolute atomic E-state index is 0.177. The zero-order valence-corrected chi connectivity index (χ0v) is 20.3. The Labute approximate surface area is 202 Å². The van der Waals surface area contributed by atoms with Crippen molar-refractivity contribution in [1.82, 2.24) is 10.2 Å². The molecule has 0 radical (unpaired) electrons. The molecular formula is C27H31N3O3S. The van der Waals surface area contributed by atoms with Crippen molar-refractivity contribution < 1.29 is 13.2 Å². The molecule has 7 heteroatoms. The number of hydrogen-bond donors (Lipinski definition) is 2. The molecule has 1 aliphatic heterocycles. The Morgan fingerprint density at radius 2 is 1.56 bits per heavy atom. The number of carbonyl (C=O) groups excluding carboxylic acids is 1. The number of anilines is 1. The number of benzene rings is 3. The van der Waals surface area contributed by atoms with Gasteiger partial charge in [-0.25, -0.2) is 8.42 Å². The summed E-state index contributed by atoms with van der Waals surface area (Å²) in [5, 5.41) is 2.92. The summed E-state index contributed by atoms with van der Waals surface area (Å²) in [5.41, 5.74) is 4.02. The third-order valence-corrected chi connectivity index (χ3v) is 7.44. The predicted molar refractivity (Wildman–Crippen MR) is 135 cm³/mol. The molecule has 1 fully saturated rings. The molecule has 0 aliphatic carbocycles. The van der Waals surface area contributed by atoms with E-state index in [1.807, 2.05) is 19.1 Å². The van der Waals surface area contributed by atoms with Gasteiger partial charge in [0.1, 0.15) is 0 Å². The van der Waals surface area contributed by atoms with E-state index in [2.05, 4.69) is 27.1 Å². The van der Waals surface area contributed by atoms with Gasteiger partial charge in [0.15, 0.2) is 0 Å². The summed E-state index contributed by atoms with van der Waals surface area (Å²) in [6.45, 7) is 5.60. The van der Waals surface area contributed by atoms with Crippen molar-refractivity contribution in [2.45, 2.75) is 44.2 Å². The number of nitrogens with one attached hydrogen (secondary N) is 2. The monoisotopic (exact) mass is 477 g/mol. The molecule has 1 saturated heterocycles. The van der Waals surface area contributed by atoms with Crippen molar-refractivity contribution in [2.24, 2.45) is 0 Å². The van der Waals surface area contributed by atoms with Crippen LogP contribution in [0.25, 0.3) is 0 Å². The van der Waals surface area contributed by atoms with Crippen LogP contribution in [0.4, 0.5) is 5.69 Å². The van der Waals surface area contributed by atoms with E-state index in [1.165, 1.54) is 24.8 Å². The van der Waals surface area contributed by atoms with Gasteiger partial charge in [0.2, 0.25) is 0 Å². The fraction of sp³-hybridized carbons (Fsp3) is 0.296. The van der Waals surface area contributed by atoms with E-state index in [0.717, 1.165) is 30.8 Å². The van der Waals surface area contributed by atoms with Crippen molar-refractivity contribution in [3.8, 4) is 0 Å². The zero-order valence-electron chi connectivity index (χ0n) is 19.5. The molecule has 0 atom stereocenters. The van der Waals surface area contributed by atoms with Gasteiger partial charge in [0.05, 0.1) is 4.90 Å². The summed E-state index contributed by atoms with van der Waals surface area (Å²) in [4.78, 5) is 15.3. The first-order chi connectivity index (χ1) is 16.4. The van der Waals surface area contributed by atoms with Gasteiger partial charge in [0.25, 0.3) is 15.9 Å². The van der Waals surface area contributed by atoms with Crippen LogP contribution in [0.1, 0.15) is 46.3 Å². The van der Waals surface area contributed by atoms with Crippen LogP contribution in [0.15, 0.2) is 77.7 Å². The lowest BCUT2D eigenvalue weighted by Gasteiger charge is -2.26. The van der Waals surface area contributed by atoms with Gasteiger partial charge in [-0.2, -0.15) is 0 Å². The average Bonchev–Trinajstić information content (AvgIpc) is 2.84. The molecule has 3 aromatic carbocycles. The van der Waals surface area contributed by atoms with E-state index in [1.54, 1.807) is 48.5 Å². The number of likely N-dealkylation sites (tertiary alicyclic amines) is 1. The molecule has 0 saturated carbocycles. The van der Waals surface area contributed by atoms with Crippen molar-refractivity contribution in [3.05, 3.63) is 95.1 Å². The lowest BCUT2D eigenvalue weighted by atomic mass is 10.1. The molecule has 0 aromatic heterocycles. The predicted octanol–water partition coefficient (Wildman–Crippen LogP) is 4.71. The number of piperidine rings is 1. The molecule has 1 amide bonds. The fourth-order valence-corrected chi connectivity index (χ4v) is 5.13. The van der Waals surface area contributed by atoms with Crippen molar-refractivity contribution in [2.75, 3.05) is 17.8 Å². The Hall–Kier alpha value is -3.16. The summed E-state index contributed by atoms with van der Waals surface area (Å²) >= 11 is 0. The maximum absolute atomic E-state index is 12.7. The number of amides is 1. The number of nitrogens with zero attached hydrogens (tertiary/aromatic N) is 1. The molecular weight excluding hydrogens is 446 g/mol. The maximum atomic E-state index is 12.7. The largest absolute Gasteiger partial charge is 0.348 e. The second-order valence-corrected chi connectivity index (χ2v) is 10.5. The fourth-order valence-electron chi connectivity index (χ4n) is 4.08. The van der Waals surface area contributed by atoms with Crippen LogP contribution in [0.3, 0.4) is 0 Å². The zero-order chi connectivity index (χ0) is 24.0. The summed E-state index contributed by atoms with van der Waals surface area (Å²) in [6, 6.07) is 21.5. The molecule has 6 nitrogen and oxygen atoms in total. The Kier molecular flexibility index (Phi) is 7.65. The molecule has 1 aliphatic rings. The molecule has 0 unspecified atom stereocenters. The van der Waals surface area contributed by atoms with Crippen molar-refractivity contribution in [1.29, 1.82) is 0 Å². The van der Waals surface area contributed by atoms with Gasteiger partial charge in [-0.3, -0.25) is 14.4 Å². The Morgan fingerprint density at radius 1 is 0.882 bits per heavy atom. The lowest BCUT2D eigenvalue weighted by molar-refractivity contribution is 0.0951. The van der Waals surface area contributed by atoms with Gasteiger partial charge in [-0.05, 0) is 74.3 Å². The highest BCUT2D eigenvalue weighted by atomic mass is 32.2. The van der Waals surface area contributed by atoms with Gasteiger partial charge in [-0.1, -0.05) is 54.4 Å². The Balaban J connectivity index is 1.33. The standard InChI is InChI=1S/C27H31N3O3S/c1-21-8-14-26(15-9-21)34(32,33)29-25-7-5-6-24(18-25)27(31)28-19-22-10-12-23(13-11-22)20-30-16-3-2-4-17-30/h5-15,18,29H,2-4,16-17,19-20H2,1H3,(H,28,31). The number of sulfonamides is 1. The van der Waals surface area contributed by atoms with Crippen molar-refractivity contribution >= 4 is 21.6 Å². The summed E-state index contributed by atoms with van der Waals surface area (Å²) in [5.74, 6) is -0.256. The Bertz CT molecular complexity index is 1220. The van der Waals surface area contributed by atoms with Crippen LogP contribution in [-0.4, -0.2) is 32.3 Å². The number of aryl methyl sites for hydroxylation is 1. The molecule has 4 rings (SSSR count). The highest BCUT2D eigenvalue weighted by molar-refractivity contribution is 7.92. The molecule has 2 N–H and O–H groups in total. The van der Waals surface area contributed by atoms with Crippen LogP contribution in [0, 0.1) is 6.92 Å². The molecule has 178 valence electrons. The smallest absolute Gasteiger partial charge is 0.261 e. The average molecular weight is 478 g/mol. The minimum atomic E-state index is -3.73. The first-order valence-electron chi connectivity index (χ1n) is 11.7. The number of hydrogen-bond acceptors (Lipinski definition) is 4. The highest BCUT2D eigenvalue weighted by Gasteiger charge is 2.15. The topological polar surface area (TPSA) is 78.5 Å². The Morgan fingerprint density at radius 3 is 2.26 bits per heavy atom. The van der Waals surface area contributed by atoms with E-state index in [9.17, 15) is 13.2 Å². The minimum Gasteiger partial charge on any atom is -0.348 e. The van der Waals surface area contributed by atoms with Crippen LogP contribution in [-0.2, 0) is 23.1 Å². The quantitative estimate of drug-likeness (QED) is 0.492. The second-order valence-electron chi connectivity index (χ2n) is 8.84. The SMILES string of the molecule is Cc1ccc(S(=O)(=O)Nc2cccc(C(=O)NCc3ccc(CN4CCCCC4)cc3)c2)cc1. The van der Waals surface area contributed by atoms with Gasteiger partial charge >= 0.3 is 0 Å². The van der Waals surface area contributed by atoms with E-state index >= 15 is 0 Å². The maximum Gasteiger partial charge on any atom is 0.261 e. The van der Waals surface area contributed by atoms with Crippen LogP contribution >= 0.6 is 0 Å². The van der Waals surface area contributed by atoms with E-state index < -0.39 is 10.0 Å². The highest BCUT2D eigenvalue weighted by Crippen LogP contribution is 2.18. The molecule has 34 heavy (non-hydrogen) atoms. The first-order valence-corrected chi connectivity index (χ1v) is 13.2. The van der Waals surface area contributed by atoms with Crippen LogP contribution in [0.5, 0.6) is 0 Å². The van der Waals surface area contributed by atoms with Crippen molar-refractivity contribution in [3.63, 3.8) is 0 Å². The molecule has 3 aromatic rings. The molecule has 0 bridgehead atoms. The number of rotatable bonds is 8. The van der Waals surface area contributed by atoms with E-state index in [0.29, 0.717) is 17.8 Å². The van der Waals surface area contributed by atoms with Crippen LogP contribution in [0.2, 0.25) is 0 Å². The van der Waals surface area contributed by atoms with Crippen LogP contribution < -0.4 is 10.0 Å².